The normalized spacial score (nSPS) is 10.6. The fourth-order valence-corrected chi connectivity index (χ4v) is 3.07. The zero-order valence-electron chi connectivity index (χ0n) is 16.2. The highest BCUT2D eigenvalue weighted by molar-refractivity contribution is 7.09. The number of carbonyl (C=O) groups excluding carboxylic acids is 1. The summed E-state index contributed by atoms with van der Waals surface area (Å²) in [5, 5.41) is 2.79. The van der Waals surface area contributed by atoms with E-state index in [0.29, 0.717) is 26.1 Å². The smallest absolute Gasteiger partial charge is 0.228 e. The number of ether oxygens (including phenoxy) is 1. The van der Waals surface area contributed by atoms with Crippen LogP contribution in [-0.4, -0.2) is 35.9 Å². The summed E-state index contributed by atoms with van der Waals surface area (Å²) in [6.45, 7) is 7.75. The second-order valence-electron chi connectivity index (χ2n) is 7.13. The zero-order chi connectivity index (χ0) is 18.4. The number of nitrogens with two attached hydrogens (primary N) is 1. The molecule has 1 aromatic heterocycles. The van der Waals surface area contributed by atoms with Gasteiger partial charge in [0.25, 0.3) is 0 Å². The van der Waals surface area contributed by atoms with Crippen LogP contribution in [0.15, 0.2) is 29.6 Å². The average Bonchev–Trinajstić information content (AvgIpc) is 3.01. The maximum atomic E-state index is 12.3. The molecule has 0 saturated heterocycles. The first-order valence-electron chi connectivity index (χ1n) is 8.36. The first-order valence-corrected chi connectivity index (χ1v) is 9.24. The van der Waals surface area contributed by atoms with Gasteiger partial charge in [-0.15, -0.1) is 36.2 Å². The van der Waals surface area contributed by atoms with Crippen LogP contribution in [0.4, 0.5) is 0 Å². The van der Waals surface area contributed by atoms with Crippen molar-refractivity contribution in [2.75, 3.05) is 20.1 Å². The zero-order valence-corrected chi connectivity index (χ0v) is 18.7. The van der Waals surface area contributed by atoms with Crippen LogP contribution in [0.2, 0.25) is 0 Å². The number of hydrogen-bond acceptors (Lipinski definition) is 5. The summed E-state index contributed by atoms with van der Waals surface area (Å²) >= 11 is 1.52. The van der Waals surface area contributed by atoms with Crippen molar-refractivity contribution in [1.82, 2.24) is 9.88 Å². The molecule has 0 radical (unpaired) electrons. The third-order valence-electron chi connectivity index (χ3n) is 3.96. The number of carbonyl (C=O) groups is 1. The highest BCUT2D eigenvalue weighted by atomic mass is 35.5. The number of amides is 1. The summed E-state index contributed by atoms with van der Waals surface area (Å²) in [5.74, 6) is 0.875. The van der Waals surface area contributed by atoms with Gasteiger partial charge in [0.15, 0.2) is 0 Å². The molecule has 5 nitrogen and oxygen atoms in total. The largest absolute Gasteiger partial charge is 0.486 e. The number of aryl methyl sites for hydroxylation is 1. The maximum Gasteiger partial charge on any atom is 0.228 e. The van der Waals surface area contributed by atoms with Crippen LogP contribution in [0.5, 0.6) is 5.75 Å². The molecule has 0 atom stereocenters. The molecule has 0 aliphatic heterocycles. The third kappa shape index (κ3) is 8.47. The van der Waals surface area contributed by atoms with Crippen LogP contribution < -0.4 is 10.5 Å². The SMILES string of the molecule is Cc1ccc(OCc2nc(CC(=O)N(C)CC(C)(C)CN)cs2)cc1.Cl.Cl. The van der Waals surface area contributed by atoms with Gasteiger partial charge in [-0.25, -0.2) is 4.98 Å². The first-order chi connectivity index (χ1) is 11.8. The molecule has 1 heterocycles. The minimum atomic E-state index is -0.0838. The Kier molecular flexibility index (Phi) is 10.9. The van der Waals surface area contributed by atoms with E-state index in [4.69, 9.17) is 10.5 Å². The molecule has 0 unspecified atom stereocenters. The van der Waals surface area contributed by atoms with Gasteiger partial charge in [-0.1, -0.05) is 31.5 Å². The predicted octanol–water partition coefficient (Wildman–Crippen LogP) is 3.86. The fourth-order valence-electron chi connectivity index (χ4n) is 2.36. The van der Waals surface area contributed by atoms with Gasteiger partial charge >= 0.3 is 0 Å². The number of aromatic nitrogens is 1. The Bertz CT molecular complexity index is 705. The Hall–Kier alpha value is -1.34. The average molecular weight is 434 g/mol. The summed E-state index contributed by atoms with van der Waals surface area (Å²) in [4.78, 5) is 18.6. The van der Waals surface area contributed by atoms with Crippen molar-refractivity contribution in [1.29, 1.82) is 0 Å². The van der Waals surface area contributed by atoms with Crippen molar-refractivity contribution in [2.45, 2.75) is 33.8 Å². The van der Waals surface area contributed by atoms with Crippen LogP contribution in [0, 0.1) is 12.3 Å². The summed E-state index contributed by atoms with van der Waals surface area (Å²) in [5.41, 5.74) is 7.64. The second-order valence-corrected chi connectivity index (χ2v) is 8.07. The summed E-state index contributed by atoms with van der Waals surface area (Å²) in [6.07, 6.45) is 0.304. The molecule has 2 rings (SSSR count). The molecular formula is C19H29Cl2N3O2S. The standard InChI is InChI=1S/C19H27N3O2S.2ClH/c1-14-5-7-16(8-6-14)24-10-17-21-15(11-25-17)9-18(23)22(4)13-19(2,3)12-20;;/h5-8,11H,9-10,12-13,20H2,1-4H3;2*1H. The van der Waals surface area contributed by atoms with Gasteiger partial charge in [0, 0.05) is 19.0 Å². The van der Waals surface area contributed by atoms with E-state index in [1.54, 1.807) is 4.90 Å². The van der Waals surface area contributed by atoms with Gasteiger partial charge in [0.2, 0.25) is 5.91 Å². The van der Waals surface area contributed by atoms with Crippen molar-refractivity contribution in [3.8, 4) is 5.75 Å². The Morgan fingerprint density at radius 2 is 1.89 bits per heavy atom. The molecule has 27 heavy (non-hydrogen) atoms. The van der Waals surface area contributed by atoms with E-state index in [2.05, 4.69) is 18.8 Å². The van der Waals surface area contributed by atoms with Gasteiger partial charge in [-0.3, -0.25) is 4.79 Å². The molecular weight excluding hydrogens is 405 g/mol. The minimum absolute atomic E-state index is 0. The van der Waals surface area contributed by atoms with E-state index in [1.807, 2.05) is 43.6 Å². The van der Waals surface area contributed by atoms with Crippen LogP contribution in [0.1, 0.15) is 30.1 Å². The number of nitrogens with zero attached hydrogens (tertiary/aromatic N) is 2. The van der Waals surface area contributed by atoms with Crippen LogP contribution in [0.3, 0.4) is 0 Å². The lowest BCUT2D eigenvalue weighted by molar-refractivity contribution is -0.130. The van der Waals surface area contributed by atoms with Crippen molar-refractivity contribution in [3.05, 3.63) is 45.9 Å². The van der Waals surface area contributed by atoms with Crippen LogP contribution in [-0.2, 0) is 17.8 Å². The quantitative estimate of drug-likeness (QED) is 0.685. The summed E-state index contributed by atoms with van der Waals surface area (Å²) in [7, 11) is 1.81. The monoisotopic (exact) mass is 433 g/mol. The highest BCUT2D eigenvalue weighted by Gasteiger charge is 2.21. The number of likely N-dealkylation sites (N-methyl/N-ethyl adjacent to an activating group) is 1. The van der Waals surface area contributed by atoms with Crippen molar-refractivity contribution >= 4 is 42.1 Å². The van der Waals surface area contributed by atoms with Crippen molar-refractivity contribution < 1.29 is 9.53 Å². The Morgan fingerprint density at radius 3 is 2.48 bits per heavy atom. The number of benzene rings is 1. The van der Waals surface area contributed by atoms with E-state index in [1.165, 1.54) is 16.9 Å². The number of halogens is 2. The van der Waals surface area contributed by atoms with Crippen LogP contribution in [0.25, 0.3) is 0 Å². The molecule has 0 bridgehead atoms. The molecule has 0 aliphatic carbocycles. The lowest BCUT2D eigenvalue weighted by Crippen LogP contribution is -2.40. The molecule has 1 aromatic carbocycles. The molecule has 0 aliphatic rings. The topological polar surface area (TPSA) is 68.5 Å². The fraction of sp³-hybridized carbons (Fsp3) is 0.474. The number of thiazole rings is 1. The van der Waals surface area contributed by atoms with Crippen molar-refractivity contribution in [3.63, 3.8) is 0 Å². The molecule has 152 valence electrons. The van der Waals surface area contributed by atoms with Gasteiger partial charge in [-0.05, 0) is 31.0 Å². The molecule has 0 spiro atoms. The first kappa shape index (κ1) is 25.7. The second kappa shape index (κ2) is 11.5. The molecule has 0 saturated carbocycles. The highest BCUT2D eigenvalue weighted by Crippen LogP contribution is 2.18. The summed E-state index contributed by atoms with van der Waals surface area (Å²) < 4.78 is 5.73. The van der Waals surface area contributed by atoms with Crippen LogP contribution >= 0.6 is 36.2 Å². The van der Waals surface area contributed by atoms with E-state index in [0.717, 1.165) is 16.5 Å². The van der Waals surface area contributed by atoms with E-state index < -0.39 is 0 Å². The van der Waals surface area contributed by atoms with E-state index in [9.17, 15) is 4.79 Å². The van der Waals surface area contributed by atoms with E-state index in [-0.39, 0.29) is 36.1 Å². The number of hydrogen-bond donors (Lipinski definition) is 1. The third-order valence-corrected chi connectivity index (χ3v) is 4.83. The number of rotatable bonds is 8. The molecule has 1 amide bonds. The van der Waals surface area contributed by atoms with Gasteiger partial charge in [0.1, 0.15) is 17.4 Å². The van der Waals surface area contributed by atoms with Gasteiger partial charge in [-0.2, -0.15) is 0 Å². The molecule has 8 heteroatoms. The van der Waals surface area contributed by atoms with Gasteiger partial charge < -0.3 is 15.4 Å². The predicted molar refractivity (Wildman–Crippen MR) is 116 cm³/mol. The summed E-state index contributed by atoms with van der Waals surface area (Å²) in [6, 6.07) is 7.92. The van der Waals surface area contributed by atoms with Crippen molar-refractivity contribution in [2.24, 2.45) is 11.1 Å². The van der Waals surface area contributed by atoms with Gasteiger partial charge in [0.05, 0.1) is 12.1 Å². The molecule has 2 N–H and O–H groups in total. The van der Waals surface area contributed by atoms with E-state index >= 15 is 0 Å². The maximum absolute atomic E-state index is 12.3. The molecule has 0 fully saturated rings. The molecule has 2 aromatic rings. The Labute approximate surface area is 178 Å². The lowest BCUT2D eigenvalue weighted by Gasteiger charge is -2.28. The minimum Gasteiger partial charge on any atom is -0.486 e. The Morgan fingerprint density at radius 1 is 1.26 bits per heavy atom. The Balaban J connectivity index is 0.00000338. The lowest BCUT2D eigenvalue weighted by atomic mass is 9.93.